The molecule has 6 nitrogen and oxygen atoms in total. The van der Waals surface area contributed by atoms with Crippen molar-refractivity contribution in [1.29, 1.82) is 0 Å². The van der Waals surface area contributed by atoms with Gasteiger partial charge in [-0.3, -0.25) is 9.36 Å². The first-order chi connectivity index (χ1) is 9.41. The first-order valence-corrected chi connectivity index (χ1v) is 6.09. The molecule has 1 aromatic heterocycles. The van der Waals surface area contributed by atoms with Crippen LogP contribution in [0.4, 0.5) is 19.1 Å². The average molecular weight is 304 g/mol. The maximum absolute atomic E-state index is 13.7. The normalized spacial score (nSPS) is 10.8. The molecule has 0 spiro atoms. The Bertz CT molecular complexity index is 677. The molecule has 0 saturated carbocycles. The number of nitrogen functional groups attached to an aromatic ring is 1. The third-order valence-corrected chi connectivity index (χ3v) is 3.15. The summed E-state index contributed by atoms with van der Waals surface area (Å²) in [4.78, 5) is 10.5. The molecule has 2 aromatic rings. The van der Waals surface area contributed by atoms with Gasteiger partial charge in [-0.1, -0.05) is 11.8 Å². The van der Waals surface area contributed by atoms with Crippen LogP contribution in [0.2, 0.25) is 0 Å². The molecule has 1 heterocycles. The molecule has 0 unspecified atom stereocenters. The van der Waals surface area contributed by atoms with E-state index in [4.69, 9.17) is 10.8 Å². The summed E-state index contributed by atoms with van der Waals surface area (Å²) < 4.78 is 40.7. The van der Waals surface area contributed by atoms with Crippen LogP contribution in [0, 0.1) is 17.5 Å². The predicted octanol–water partition coefficient (Wildman–Crippen LogP) is 1.44. The van der Waals surface area contributed by atoms with Gasteiger partial charge in [0.25, 0.3) is 0 Å². The monoisotopic (exact) mass is 304 g/mol. The molecule has 0 aliphatic rings. The van der Waals surface area contributed by atoms with E-state index in [0.29, 0.717) is 11.8 Å². The van der Waals surface area contributed by atoms with E-state index in [1.165, 1.54) is 0 Å². The van der Waals surface area contributed by atoms with Crippen molar-refractivity contribution in [3.63, 3.8) is 0 Å². The van der Waals surface area contributed by atoms with Gasteiger partial charge >= 0.3 is 5.97 Å². The molecule has 3 N–H and O–H groups in total. The van der Waals surface area contributed by atoms with Crippen LogP contribution in [-0.2, 0) is 4.79 Å². The number of rotatable bonds is 4. The summed E-state index contributed by atoms with van der Waals surface area (Å²) in [5.41, 5.74) is 5.08. The highest BCUT2D eigenvalue weighted by Crippen LogP contribution is 2.26. The maximum atomic E-state index is 13.7. The van der Waals surface area contributed by atoms with E-state index in [1.807, 2.05) is 0 Å². The largest absolute Gasteiger partial charge is 0.481 e. The number of nitrogens with zero attached hydrogens (tertiary/aromatic N) is 3. The van der Waals surface area contributed by atoms with Gasteiger partial charge < -0.3 is 10.8 Å². The number of hydrogen-bond acceptors (Lipinski definition) is 5. The number of thioether (sulfide) groups is 1. The lowest BCUT2D eigenvalue weighted by Crippen LogP contribution is -2.08. The molecule has 20 heavy (non-hydrogen) atoms. The Morgan fingerprint density at radius 1 is 1.30 bits per heavy atom. The van der Waals surface area contributed by atoms with Gasteiger partial charge in [0.1, 0.15) is 0 Å². The predicted molar refractivity (Wildman–Crippen MR) is 64.0 cm³/mol. The number of anilines is 1. The van der Waals surface area contributed by atoms with Crippen LogP contribution in [-0.4, -0.2) is 31.6 Å². The van der Waals surface area contributed by atoms with E-state index < -0.39 is 29.1 Å². The molecule has 0 bridgehead atoms. The summed E-state index contributed by atoms with van der Waals surface area (Å²) in [6, 6.07) is 1.68. The Morgan fingerprint density at radius 3 is 2.65 bits per heavy atom. The van der Waals surface area contributed by atoms with E-state index in [0.717, 1.165) is 16.7 Å². The molecule has 0 fully saturated rings. The van der Waals surface area contributed by atoms with Gasteiger partial charge in [-0.25, -0.2) is 13.2 Å². The van der Waals surface area contributed by atoms with Gasteiger partial charge in [0, 0.05) is 0 Å². The van der Waals surface area contributed by atoms with Gasteiger partial charge in [-0.2, -0.15) is 0 Å². The van der Waals surface area contributed by atoms with Gasteiger partial charge in [-0.05, 0) is 12.1 Å². The zero-order valence-electron chi connectivity index (χ0n) is 9.68. The fourth-order valence-electron chi connectivity index (χ4n) is 1.42. The molecular formula is C10H7F3N4O2S. The van der Waals surface area contributed by atoms with Gasteiger partial charge in [0.05, 0.1) is 11.4 Å². The molecule has 0 saturated heterocycles. The van der Waals surface area contributed by atoms with Crippen LogP contribution >= 0.6 is 11.8 Å². The van der Waals surface area contributed by atoms with Crippen molar-refractivity contribution in [1.82, 2.24) is 14.8 Å². The number of carboxylic acid groups (broad SMARTS) is 1. The van der Waals surface area contributed by atoms with E-state index in [1.54, 1.807) is 0 Å². The fraction of sp³-hybridized carbons (Fsp3) is 0.100. The molecule has 106 valence electrons. The average Bonchev–Trinajstić information content (AvgIpc) is 2.75. The summed E-state index contributed by atoms with van der Waals surface area (Å²) >= 11 is 0.717. The second-order valence-corrected chi connectivity index (χ2v) is 4.50. The quantitative estimate of drug-likeness (QED) is 0.656. The van der Waals surface area contributed by atoms with Gasteiger partial charge in [0.2, 0.25) is 5.95 Å². The second kappa shape index (κ2) is 5.41. The molecular weight excluding hydrogens is 297 g/mol. The number of hydrogen-bond donors (Lipinski definition) is 2. The molecule has 0 atom stereocenters. The molecule has 1 aromatic carbocycles. The topological polar surface area (TPSA) is 94.0 Å². The van der Waals surface area contributed by atoms with E-state index in [2.05, 4.69) is 10.2 Å². The van der Waals surface area contributed by atoms with Gasteiger partial charge in [-0.15, -0.1) is 10.2 Å². The Morgan fingerprint density at radius 2 is 2.00 bits per heavy atom. The van der Waals surface area contributed by atoms with E-state index in [-0.39, 0.29) is 16.9 Å². The minimum Gasteiger partial charge on any atom is -0.481 e. The Labute approximate surface area is 114 Å². The number of nitrogens with two attached hydrogens (primary N) is 1. The van der Waals surface area contributed by atoms with Crippen molar-refractivity contribution in [2.75, 3.05) is 11.5 Å². The summed E-state index contributed by atoms with van der Waals surface area (Å²) in [5, 5.41) is 15.6. The SMILES string of the molecule is Nc1nnc(SCC(=O)O)n1-c1ccc(F)c(F)c1F. The number of carboxylic acids is 1. The van der Waals surface area contributed by atoms with Crippen LogP contribution in [0.3, 0.4) is 0 Å². The van der Waals surface area contributed by atoms with Crippen LogP contribution in [0.25, 0.3) is 5.69 Å². The number of benzene rings is 1. The minimum absolute atomic E-state index is 0.0465. The standard InChI is InChI=1S/C10H7F3N4O2S/c11-4-1-2-5(8(13)7(4)12)17-9(14)15-16-10(17)20-3-6(18)19/h1-2H,3H2,(H2,14,15)(H,18,19). The highest BCUT2D eigenvalue weighted by atomic mass is 32.2. The summed E-state index contributed by atoms with van der Waals surface area (Å²) in [6.07, 6.45) is 0. The van der Waals surface area contributed by atoms with Crippen molar-refractivity contribution < 1.29 is 23.1 Å². The van der Waals surface area contributed by atoms with Gasteiger partial charge in [0.15, 0.2) is 22.6 Å². The second-order valence-electron chi connectivity index (χ2n) is 3.55. The third kappa shape index (κ3) is 2.54. The van der Waals surface area contributed by atoms with Crippen LogP contribution < -0.4 is 5.73 Å². The molecule has 10 heteroatoms. The van der Waals surface area contributed by atoms with Crippen molar-refractivity contribution in [3.05, 3.63) is 29.6 Å². The van der Waals surface area contributed by atoms with Crippen LogP contribution in [0.1, 0.15) is 0 Å². The van der Waals surface area contributed by atoms with Crippen LogP contribution in [0.15, 0.2) is 17.3 Å². The first kappa shape index (κ1) is 14.2. The zero-order valence-corrected chi connectivity index (χ0v) is 10.5. The minimum atomic E-state index is -1.66. The maximum Gasteiger partial charge on any atom is 0.313 e. The third-order valence-electron chi connectivity index (χ3n) is 2.24. The van der Waals surface area contributed by atoms with Crippen molar-refractivity contribution in [2.45, 2.75) is 5.16 Å². The van der Waals surface area contributed by atoms with Crippen molar-refractivity contribution in [2.24, 2.45) is 0 Å². The summed E-state index contributed by atoms with van der Waals surface area (Å²) in [6.45, 7) is 0. The lowest BCUT2D eigenvalue weighted by Gasteiger charge is -2.09. The number of aliphatic carboxylic acids is 1. The number of carbonyl (C=O) groups is 1. The van der Waals surface area contributed by atoms with Crippen molar-refractivity contribution in [3.8, 4) is 5.69 Å². The van der Waals surface area contributed by atoms with Crippen molar-refractivity contribution >= 4 is 23.7 Å². The highest BCUT2D eigenvalue weighted by molar-refractivity contribution is 7.99. The first-order valence-electron chi connectivity index (χ1n) is 5.11. The molecule has 0 aliphatic carbocycles. The Hall–Kier alpha value is -2.23. The lowest BCUT2D eigenvalue weighted by atomic mass is 10.3. The summed E-state index contributed by atoms with van der Waals surface area (Å²) in [7, 11) is 0. The van der Waals surface area contributed by atoms with E-state index in [9.17, 15) is 18.0 Å². The molecule has 0 amide bonds. The number of aromatic nitrogens is 3. The Balaban J connectivity index is 2.50. The number of halogens is 3. The van der Waals surface area contributed by atoms with E-state index >= 15 is 0 Å². The molecule has 0 aliphatic heterocycles. The molecule has 0 radical (unpaired) electrons. The fourth-order valence-corrected chi connectivity index (χ4v) is 2.09. The lowest BCUT2D eigenvalue weighted by molar-refractivity contribution is -0.133. The smallest absolute Gasteiger partial charge is 0.313 e. The highest BCUT2D eigenvalue weighted by Gasteiger charge is 2.20. The van der Waals surface area contributed by atoms with Crippen LogP contribution in [0.5, 0.6) is 0 Å². The zero-order chi connectivity index (χ0) is 14.9. The summed E-state index contributed by atoms with van der Waals surface area (Å²) in [5.74, 6) is -6.25. The Kier molecular flexibility index (Phi) is 3.84. The molecule has 2 rings (SSSR count).